The molecule has 1 aliphatic heterocycles. The Kier molecular flexibility index (Phi) is 8.21. The third kappa shape index (κ3) is 5.66. The second kappa shape index (κ2) is 13.3. The lowest BCUT2D eigenvalue weighted by Gasteiger charge is -2.35. The lowest BCUT2D eigenvalue weighted by atomic mass is 9.67. The van der Waals surface area contributed by atoms with E-state index in [9.17, 15) is 0 Å². The average molecular weight is 631 g/mol. The fraction of sp³-hybridized carbons (Fsp3) is 0.0851. The standard InChI is InChI=1S/C47H38N2/c1-2-3-4-16-30-47(39-24-12-7-13-25-39)42-27-15-14-26-40(42)41-32-37(28-29-43(41)47)36-22-17-23-38(31-36)45-33-44(34-18-8-5-9-19-34)48-46(49-45)35-20-10-6-11-21-35/h2-33,40,42,45H,1H2,(H,48,49)/b4-3-,30-16+. The normalized spacial score (nSPS) is 22.3. The molecule has 4 atom stereocenters. The summed E-state index contributed by atoms with van der Waals surface area (Å²) < 4.78 is 0. The number of hydrogen-bond acceptors (Lipinski definition) is 2. The van der Waals surface area contributed by atoms with Gasteiger partial charge in [0.1, 0.15) is 5.84 Å². The Morgan fingerprint density at radius 1 is 0.633 bits per heavy atom. The summed E-state index contributed by atoms with van der Waals surface area (Å²) in [4.78, 5) is 5.23. The molecule has 49 heavy (non-hydrogen) atoms. The van der Waals surface area contributed by atoms with E-state index in [1.54, 1.807) is 0 Å². The summed E-state index contributed by atoms with van der Waals surface area (Å²) in [5.41, 5.74) is 10.6. The zero-order valence-corrected chi connectivity index (χ0v) is 27.4. The van der Waals surface area contributed by atoms with Crippen molar-refractivity contribution in [1.82, 2.24) is 5.32 Å². The highest BCUT2D eigenvalue weighted by molar-refractivity contribution is 6.04. The fourth-order valence-corrected chi connectivity index (χ4v) is 7.76. The topological polar surface area (TPSA) is 24.4 Å². The van der Waals surface area contributed by atoms with E-state index in [1.165, 1.54) is 27.8 Å². The van der Waals surface area contributed by atoms with Crippen LogP contribution in [0.15, 0.2) is 206 Å². The molecule has 0 fully saturated rings. The van der Waals surface area contributed by atoms with Gasteiger partial charge < -0.3 is 5.32 Å². The predicted molar refractivity (Wildman–Crippen MR) is 205 cm³/mol. The van der Waals surface area contributed by atoms with Gasteiger partial charge in [-0.2, -0.15) is 0 Å². The number of allylic oxidation sites excluding steroid dienone is 9. The Hall–Kier alpha value is -5.99. The van der Waals surface area contributed by atoms with Crippen molar-refractivity contribution < 1.29 is 0 Å². The van der Waals surface area contributed by atoms with E-state index in [-0.39, 0.29) is 23.3 Å². The molecular formula is C47H38N2. The molecule has 0 aromatic heterocycles. The van der Waals surface area contributed by atoms with Crippen LogP contribution in [0.2, 0.25) is 0 Å². The summed E-state index contributed by atoms with van der Waals surface area (Å²) in [5, 5.41) is 3.61. The molecule has 8 rings (SSSR count). The van der Waals surface area contributed by atoms with Gasteiger partial charge in [0, 0.05) is 28.5 Å². The molecule has 236 valence electrons. The van der Waals surface area contributed by atoms with Crippen LogP contribution in [0.4, 0.5) is 0 Å². The third-order valence-electron chi connectivity index (χ3n) is 10.0. The number of hydrogen-bond donors (Lipinski definition) is 1. The molecule has 3 aliphatic rings. The van der Waals surface area contributed by atoms with Crippen LogP contribution >= 0.6 is 0 Å². The Bertz CT molecular complexity index is 2110. The summed E-state index contributed by atoms with van der Waals surface area (Å²) >= 11 is 0. The summed E-state index contributed by atoms with van der Waals surface area (Å²) in [5.74, 6) is 1.42. The maximum Gasteiger partial charge on any atom is 0.133 e. The van der Waals surface area contributed by atoms with Gasteiger partial charge in [-0.3, -0.25) is 4.99 Å². The Labute approximate surface area is 289 Å². The maximum atomic E-state index is 5.23. The molecule has 0 radical (unpaired) electrons. The lowest BCUT2D eigenvalue weighted by Crippen LogP contribution is -2.31. The Balaban J connectivity index is 1.22. The SMILES string of the molecule is C=C/C=C\C=C\C1(c2ccccc2)c2ccc(-c3cccc(C4C=C(c5ccccc5)NC(c5ccccc5)=N4)c3)cc2C2C=CC=CC21. The van der Waals surface area contributed by atoms with Gasteiger partial charge in [0.15, 0.2) is 0 Å². The highest BCUT2D eigenvalue weighted by Gasteiger charge is 2.50. The van der Waals surface area contributed by atoms with Crippen molar-refractivity contribution >= 4 is 11.5 Å². The van der Waals surface area contributed by atoms with Crippen LogP contribution in [-0.4, -0.2) is 5.84 Å². The van der Waals surface area contributed by atoms with Gasteiger partial charge in [-0.05, 0) is 51.1 Å². The molecule has 5 aromatic rings. The minimum atomic E-state index is -0.287. The zero-order valence-electron chi connectivity index (χ0n) is 27.4. The zero-order chi connectivity index (χ0) is 33.0. The van der Waals surface area contributed by atoms with Crippen molar-refractivity contribution in [1.29, 1.82) is 0 Å². The molecule has 0 amide bonds. The van der Waals surface area contributed by atoms with E-state index in [2.05, 4.69) is 188 Å². The summed E-state index contributed by atoms with van der Waals surface area (Å²) in [6.45, 7) is 3.86. The van der Waals surface area contributed by atoms with Gasteiger partial charge in [0.05, 0.1) is 6.04 Å². The molecule has 2 aliphatic carbocycles. The number of aliphatic imine (C=N–C) groups is 1. The lowest BCUT2D eigenvalue weighted by molar-refractivity contribution is 0.471. The Morgan fingerprint density at radius 3 is 2.10 bits per heavy atom. The van der Waals surface area contributed by atoms with Crippen LogP contribution in [0.3, 0.4) is 0 Å². The minimum Gasteiger partial charge on any atom is -0.340 e. The first-order valence-corrected chi connectivity index (χ1v) is 17.0. The van der Waals surface area contributed by atoms with Crippen molar-refractivity contribution in [2.45, 2.75) is 17.4 Å². The number of benzene rings is 5. The smallest absolute Gasteiger partial charge is 0.133 e. The molecule has 0 saturated heterocycles. The van der Waals surface area contributed by atoms with Crippen molar-refractivity contribution in [3.05, 3.63) is 234 Å². The predicted octanol–water partition coefficient (Wildman–Crippen LogP) is 10.9. The first-order chi connectivity index (χ1) is 24.2. The largest absolute Gasteiger partial charge is 0.340 e. The molecular weight excluding hydrogens is 593 g/mol. The third-order valence-corrected chi connectivity index (χ3v) is 10.0. The van der Waals surface area contributed by atoms with Crippen molar-refractivity contribution in [3.63, 3.8) is 0 Å². The van der Waals surface area contributed by atoms with Gasteiger partial charge in [0.2, 0.25) is 0 Å². The second-order valence-corrected chi connectivity index (χ2v) is 12.8. The second-order valence-electron chi connectivity index (χ2n) is 12.8. The number of rotatable bonds is 8. The van der Waals surface area contributed by atoms with Crippen molar-refractivity contribution in [3.8, 4) is 11.1 Å². The van der Waals surface area contributed by atoms with Gasteiger partial charge in [-0.15, -0.1) is 0 Å². The van der Waals surface area contributed by atoms with Crippen molar-refractivity contribution in [2.24, 2.45) is 10.9 Å². The Morgan fingerprint density at radius 2 is 1.33 bits per heavy atom. The summed E-state index contributed by atoms with van der Waals surface area (Å²) in [7, 11) is 0. The summed E-state index contributed by atoms with van der Waals surface area (Å²) in [6.07, 6.45) is 21.9. The van der Waals surface area contributed by atoms with Crippen LogP contribution < -0.4 is 5.32 Å². The first-order valence-electron chi connectivity index (χ1n) is 17.0. The molecule has 5 aromatic carbocycles. The fourth-order valence-electron chi connectivity index (χ4n) is 7.76. The molecule has 2 heteroatoms. The average Bonchev–Trinajstić information content (AvgIpc) is 3.47. The minimum absolute atomic E-state index is 0.128. The molecule has 0 spiro atoms. The highest BCUT2D eigenvalue weighted by Crippen LogP contribution is 2.57. The monoisotopic (exact) mass is 630 g/mol. The van der Waals surface area contributed by atoms with Crippen molar-refractivity contribution in [2.75, 3.05) is 0 Å². The highest BCUT2D eigenvalue weighted by atomic mass is 15.0. The molecule has 0 bridgehead atoms. The van der Waals surface area contributed by atoms with Crippen LogP contribution in [0.25, 0.3) is 16.8 Å². The molecule has 1 heterocycles. The summed E-state index contributed by atoms with van der Waals surface area (Å²) in [6, 6.07) is 47.8. The van der Waals surface area contributed by atoms with Gasteiger partial charge in [-0.25, -0.2) is 0 Å². The van der Waals surface area contributed by atoms with E-state index in [4.69, 9.17) is 4.99 Å². The van der Waals surface area contributed by atoms with E-state index in [0.29, 0.717) is 0 Å². The quantitative estimate of drug-likeness (QED) is 0.170. The van der Waals surface area contributed by atoms with Gasteiger partial charge >= 0.3 is 0 Å². The van der Waals surface area contributed by atoms with E-state index in [1.807, 2.05) is 18.2 Å². The van der Waals surface area contributed by atoms with Gasteiger partial charge in [-0.1, -0.05) is 189 Å². The molecule has 4 unspecified atom stereocenters. The van der Waals surface area contributed by atoms with Crippen LogP contribution in [-0.2, 0) is 5.41 Å². The number of nitrogens with one attached hydrogen (secondary N) is 1. The molecule has 1 N–H and O–H groups in total. The number of amidine groups is 1. The van der Waals surface area contributed by atoms with Crippen LogP contribution in [0.1, 0.15) is 45.3 Å². The van der Waals surface area contributed by atoms with E-state index in [0.717, 1.165) is 28.2 Å². The number of fused-ring (bicyclic) bond motifs is 3. The first kappa shape index (κ1) is 30.4. The van der Waals surface area contributed by atoms with Crippen LogP contribution in [0.5, 0.6) is 0 Å². The number of nitrogens with zero attached hydrogens (tertiary/aromatic N) is 1. The van der Waals surface area contributed by atoms with Crippen LogP contribution in [0, 0.1) is 5.92 Å². The van der Waals surface area contributed by atoms with Gasteiger partial charge in [0.25, 0.3) is 0 Å². The molecule has 2 nitrogen and oxygen atoms in total. The van der Waals surface area contributed by atoms with E-state index >= 15 is 0 Å². The van der Waals surface area contributed by atoms with E-state index < -0.39 is 0 Å². The maximum absolute atomic E-state index is 5.23. The molecule has 0 saturated carbocycles.